The van der Waals surface area contributed by atoms with Gasteiger partial charge in [0.05, 0.1) is 32.7 Å². The smallest absolute Gasteiger partial charge is 0.206 e. The molecular formula is C110H130F2N4+4. The molecule has 0 N–H and O–H groups in total. The van der Waals surface area contributed by atoms with Crippen LogP contribution < -0.4 is 18.3 Å². The van der Waals surface area contributed by atoms with Crippen molar-refractivity contribution in [2.45, 2.75) is 206 Å². The SMILES string of the molecule is Cc1cc(-c2c(C)cccc2C)ccc1-c1c2ccc(CC(C)(C)C)cc2cc(C)[n+]1C.Cc1cc(-c2c3ccc(CC(C)(C)C)cc3cc(C)[n+]2C)c(C)c(C)c1F.Cc1cc(-c2ccccc2)ccc1-c1c2ccc(CC(C)(C)C)cc2cc(C)[n+]1C.Cc1cc(C)c(F)c(-c2c3ccc(CC(C)(C)C)cc3cc(C)[n+]2C)c1C. The second-order valence-electron chi connectivity index (χ2n) is 38.7. The van der Waals surface area contributed by atoms with E-state index in [1.54, 1.807) is 0 Å². The lowest BCUT2D eigenvalue weighted by Gasteiger charge is -2.19. The Morgan fingerprint density at radius 1 is 0.241 bits per heavy atom. The molecular weight excluding hydrogens is 1420 g/mol. The van der Waals surface area contributed by atoms with Crippen LogP contribution in [0.2, 0.25) is 0 Å². The molecule has 0 amide bonds. The highest BCUT2D eigenvalue weighted by Gasteiger charge is 2.29. The fraction of sp³-hybridized carbons (Fsp3) is 0.345. The fourth-order valence-electron chi connectivity index (χ4n) is 17.4. The van der Waals surface area contributed by atoms with Gasteiger partial charge in [0.25, 0.3) is 0 Å². The van der Waals surface area contributed by atoms with Gasteiger partial charge >= 0.3 is 0 Å². The zero-order valence-corrected chi connectivity index (χ0v) is 75.8. The lowest BCUT2D eigenvalue weighted by Crippen LogP contribution is -2.35. The summed E-state index contributed by atoms with van der Waals surface area (Å²) in [5, 5.41) is 10.0. The van der Waals surface area contributed by atoms with Crippen LogP contribution in [-0.2, 0) is 53.9 Å². The molecule has 0 saturated carbocycles. The summed E-state index contributed by atoms with van der Waals surface area (Å²) >= 11 is 0. The van der Waals surface area contributed by atoms with Crippen LogP contribution >= 0.6 is 0 Å². The Bertz CT molecular complexity index is 6050. The van der Waals surface area contributed by atoms with Crippen molar-refractivity contribution < 1.29 is 27.0 Å². The lowest BCUT2D eigenvalue weighted by atomic mass is 9.87. The van der Waals surface area contributed by atoms with E-state index in [4.69, 9.17) is 0 Å². The van der Waals surface area contributed by atoms with Crippen LogP contribution in [0.15, 0.2) is 194 Å². The van der Waals surface area contributed by atoms with Crippen molar-refractivity contribution in [1.29, 1.82) is 0 Å². The molecule has 0 fully saturated rings. The molecule has 14 aromatic rings. The van der Waals surface area contributed by atoms with E-state index in [1.807, 2.05) is 53.8 Å². The van der Waals surface area contributed by atoms with Gasteiger partial charge in [0.15, 0.2) is 22.8 Å². The monoisotopic (exact) mass is 1550 g/mol. The van der Waals surface area contributed by atoms with Gasteiger partial charge in [-0.15, -0.1) is 0 Å². The van der Waals surface area contributed by atoms with Gasteiger partial charge in [0.2, 0.25) is 22.8 Å². The summed E-state index contributed by atoms with van der Waals surface area (Å²) in [6.45, 7) is 56.6. The van der Waals surface area contributed by atoms with Gasteiger partial charge in [-0.3, -0.25) is 0 Å². The Morgan fingerprint density at radius 3 is 0.948 bits per heavy atom. The Labute approximate surface area is 695 Å². The van der Waals surface area contributed by atoms with Gasteiger partial charge in [0, 0.05) is 63.1 Å². The number of hydrogen-bond acceptors (Lipinski definition) is 0. The van der Waals surface area contributed by atoms with Gasteiger partial charge in [-0.05, 0) is 281 Å². The number of benzene rings is 10. The molecule has 0 aliphatic rings. The maximum Gasteiger partial charge on any atom is 0.223 e. The van der Waals surface area contributed by atoms with E-state index >= 15 is 4.39 Å². The van der Waals surface area contributed by atoms with E-state index in [1.165, 1.54) is 144 Å². The molecule has 4 nitrogen and oxygen atoms in total. The van der Waals surface area contributed by atoms with Crippen LogP contribution in [0.5, 0.6) is 0 Å². The number of aromatic nitrogens is 4. The Kier molecular flexibility index (Phi) is 25.4. The summed E-state index contributed by atoms with van der Waals surface area (Å²) < 4.78 is 38.7. The third-order valence-corrected chi connectivity index (χ3v) is 23.6. The number of rotatable bonds is 10. The van der Waals surface area contributed by atoms with Crippen LogP contribution in [0.3, 0.4) is 0 Å². The number of hydrogen-bond donors (Lipinski definition) is 0. The van der Waals surface area contributed by atoms with Crippen molar-refractivity contribution in [1.82, 2.24) is 0 Å². The molecule has 0 atom stereocenters. The molecule has 0 radical (unpaired) electrons. The summed E-state index contributed by atoms with van der Waals surface area (Å²) in [5.74, 6) is -0.206. The minimum Gasteiger partial charge on any atom is -0.206 e. The minimum absolute atomic E-state index is 0.0941. The molecule has 0 bridgehead atoms. The first-order valence-electron chi connectivity index (χ1n) is 41.8. The van der Waals surface area contributed by atoms with Crippen LogP contribution in [0.25, 0.3) is 110 Å². The second kappa shape index (κ2) is 34.1. The Balaban J connectivity index is 0.000000152. The molecule has 0 unspecified atom stereocenters. The van der Waals surface area contributed by atoms with Gasteiger partial charge in [-0.25, -0.2) is 8.78 Å². The topological polar surface area (TPSA) is 15.5 Å². The summed E-state index contributed by atoms with van der Waals surface area (Å²) in [6, 6.07) is 71.5. The van der Waals surface area contributed by atoms with Crippen molar-refractivity contribution in [3.05, 3.63) is 306 Å². The molecule has 0 aliphatic carbocycles. The fourth-order valence-corrected chi connectivity index (χ4v) is 17.4. The molecule has 0 spiro atoms. The van der Waals surface area contributed by atoms with Crippen LogP contribution in [0, 0.1) is 130 Å². The highest BCUT2D eigenvalue weighted by molar-refractivity contribution is 5.98. The van der Waals surface area contributed by atoms with Crippen molar-refractivity contribution in [2.24, 2.45) is 49.9 Å². The normalized spacial score (nSPS) is 11.9. The first-order valence-corrected chi connectivity index (χ1v) is 41.8. The molecule has 10 aromatic carbocycles. The molecule has 6 heteroatoms. The van der Waals surface area contributed by atoms with Crippen LogP contribution in [0.4, 0.5) is 8.78 Å². The molecule has 600 valence electrons. The molecule has 4 heterocycles. The van der Waals surface area contributed by atoms with Crippen LogP contribution in [0.1, 0.15) is 184 Å². The Hall–Kier alpha value is -10.3. The molecule has 4 aromatic heterocycles. The van der Waals surface area contributed by atoms with Crippen molar-refractivity contribution in [3.63, 3.8) is 0 Å². The maximum atomic E-state index is 15.3. The van der Waals surface area contributed by atoms with Gasteiger partial charge in [0.1, 0.15) is 39.8 Å². The molecule has 116 heavy (non-hydrogen) atoms. The van der Waals surface area contributed by atoms with E-state index in [0.717, 1.165) is 81.5 Å². The minimum atomic E-state index is -0.112. The predicted octanol–water partition coefficient (Wildman–Crippen LogP) is 27.6. The van der Waals surface area contributed by atoms with Gasteiger partial charge in [-0.2, -0.15) is 18.3 Å². The summed E-state index contributed by atoms with van der Waals surface area (Å²) in [6.07, 6.45) is 4.24. The van der Waals surface area contributed by atoms with Crippen molar-refractivity contribution >= 4 is 43.1 Å². The first kappa shape index (κ1) is 86.6. The summed E-state index contributed by atoms with van der Waals surface area (Å²) in [5.41, 5.74) is 36.4. The third kappa shape index (κ3) is 19.4. The first-order chi connectivity index (χ1) is 54.3. The standard InChI is InChI=1S/C31H36N.C29H32N.2C25H31FN/c1-20-10-9-11-21(2)29(20)25-13-15-27(22(3)16-25)30-28-14-12-24(19-31(5,6)7)18-26(28)17-23(4)32(30)8;1-20-16-24(23-10-8-7-9-11-23)13-15-26(20)28-27-14-12-22(19-29(3,4)5)18-25(27)17-21(2)30(28)6;1-15-11-22(17(3)18(4)23(15)26)24-21-10-9-19(14-25(5,6)7)13-20(21)12-16(2)27(24)8;1-15-11-16(2)23(26)22(18(15)4)24-21-10-9-19(14-25(5,6)7)13-20(21)12-17(3)27(24)8/h9-18H,19H2,1-8H3;7-18H,19H2,1-6H3;2*9-13H,14H2,1-8H3/q4*+1. The zero-order valence-electron chi connectivity index (χ0n) is 75.8. The van der Waals surface area contributed by atoms with Crippen molar-refractivity contribution in [3.8, 4) is 67.3 Å². The van der Waals surface area contributed by atoms with E-state index in [9.17, 15) is 4.39 Å². The number of aryl methyl sites for hydroxylation is 11. The highest BCUT2D eigenvalue weighted by Crippen LogP contribution is 2.41. The van der Waals surface area contributed by atoms with Crippen molar-refractivity contribution in [2.75, 3.05) is 0 Å². The van der Waals surface area contributed by atoms with Gasteiger partial charge in [-0.1, -0.05) is 210 Å². The van der Waals surface area contributed by atoms with Crippen LogP contribution in [-0.4, -0.2) is 0 Å². The summed E-state index contributed by atoms with van der Waals surface area (Å²) in [7, 11) is 8.49. The third-order valence-electron chi connectivity index (χ3n) is 23.6. The average Bonchev–Trinajstić information content (AvgIpc) is 0.754. The quantitative estimate of drug-likeness (QED) is 0.121. The Morgan fingerprint density at radius 2 is 0.578 bits per heavy atom. The molecule has 14 rings (SSSR count). The maximum absolute atomic E-state index is 15.3. The number of pyridine rings is 4. The second-order valence-corrected chi connectivity index (χ2v) is 38.7. The van der Waals surface area contributed by atoms with E-state index in [-0.39, 0.29) is 33.3 Å². The van der Waals surface area contributed by atoms with Gasteiger partial charge < -0.3 is 0 Å². The number of fused-ring (bicyclic) bond motifs is 4. The summed E-state index contributed by atoms with van der Waals surface area (Å²) in [4.78, 5) is 0. The van der Waals surface area contributed by atoms with E-state index in [2.05, 4.69) is 367 Å². The van der Waals surface area contributed by atoms with E-state index in [0.29, 0.717) is 11.1 Å². The molecule has 0 aliphatic heterocycles. The number of halogens is 2. The zero-order chi connectivity index (χ0) is 84.9. The largest absolute Gasteiger partial charge is 0.223 e. The lowest BCUT2D eigenvalue weighted by molar-refractivity contribution is -0.665. The van der Waals surface area contributed by atoms with E-state index < -0.39 is 0 Å². The highest BCUT2D eigenvalue weighted by atomic mass is 19.1. The average molecular weight is 1550 g/mol. The number of nitrogens with zero attached hydrogens (tertiary/aromatic N) is 4. The predicted molar refractivity (Wildman–Crippen MR) is 492 cm³/mol. The molecule has 0 saturated heterocycles.